The average molecular weight is 337 g/mol. The molecule has 0 saturated carbocycles. The van der Waals surface area contributed by atoms with Crippen LogP contribution in [0.2, 0.25) is 0 Å². The Bertz CT molecular complexity index is 766. The summed E-state index contributed by atoms with van der Waals surface area (Å²) in [4.78, 5) is 14.2. The summed E-state index contributed by atoms with van der Waals surface area (Å²) in [6, 6.07) is 14.8. The predicted molar refractivity (Wildman–Crippen MR) is 101 cm³/mol. The van der Waals surface area contributed by atoms with Gasteiger partial charge in [0.1, 0.15) is 5.75 Å². The second-order valence-electron chi connectivity index (χ2n) is 5.82. The van der Waals surface area contributed by atoms with Crippen LogP contribution >= 0.6 is 0 Å². The van der Waals surface area contributed by atoms with Gasteiger partial charge in [0.2, 0.25) is 0 Å². The van der Waals surface area contributed by atoms with Gasteiger partial charge >= 0.3 is 6.03 Å². The summed E-state index contributed by atoms with van der Waals surface area (Å²) >= 11 is 0. The maximum absolute atomic E-state index is 12.2. The Balaban J connectivity index is 2.00. The number of likely N-dealkylation sites (N-methyl/N-ethyl adjacent to an activating group) is 1. The lowest BCUT2D eigenvalue weighted by atomic mass is 10.1. The van der Waals surface area contributed by atoms with Crippen LogP contribution in [0.25, 0.3) is 0 Å². The largest absolute Gasteiger partial charge is 0.497 e. The van der Waals surface area contributed by atoms with E-state index < -0.39 is 0 Å². The molecule has 0 saturated heterocycles. The Hall–Kier alpha value is -2.97. The van der Waals surface area contributed by atoms with Gasteiger partial charge < -0.3 is 20.3 Å². The van der Waals surface area contributed by atoms with Gasteiger partial charge in [0.15, 0.2) is 0 Å². The van der Waals surface area contributed by atoms with E-state index in [0.717, 1.165) is 16.9 Å². The van der Waals surface area contributed by atoms with E-state index in [1.165, 1.54) is 0 Å². The number of benzene rings is 2. The highest BCUT2D eigenvalue weighted by atomic mass is 16.5. The molecule has 130 valence electrons. The summed E-state index contributed by atoms with van der Waals surface area (Å²) in [7, 11) is 5.58. The number of urea groups is 1. The van der Waals surface area contributed by atoms with Crippen LogP contribution in [0.3, 0.4) is 0 Å². The second kappa shape index (κ2) is 8.76. The highest BCUT2D eigenvalue weighted by Gasteiger charge is 2.16. The zero-order chi connectivity index (χ0) is 18.2. The standard InChI is InChI=1S/C20H23N3O2/c1-5-15-8-6-10-17(12-15)22-20(24)21-14-19(23(2)3)16-9-7-11-18(13-16)25-4/h1,6-13,19H,14H2,2-4H3,(H2,21,22,24). The molecule has 0 aromatic heterocycles. The summed E-state index contributed by atoms with van der Waals surface area (Å²) in [5.74, 6) is 3.34. The van der Waals surface area contributed by atoms with Crippen molar-refractivity contribution in [1.29, 1.82) is 0 Å². The van der Waals surface area contributed by atoms with Gasteiger partial charge in [-0.15, -0.1) is 6.42 Å². The number of rotatable bonds is 6. The molecule has 2 aromatic carbocycles. The molecule has 25 heavy (non-hydrogen) atoms. The first-order chi connectivity index (χ1) is 12.0. The van der Waals surface area contributed by atoms with E-state index in [0.29, 0.717) is 12.2 Å². The van der Waals surface area contributed by atoms with E-state index in [1.807, 2.05) is 55.4 Å². The Morgan fingerprint density at radius 1 is 1.24 bits per heavy atom. The molecule has 0 heterocycles. The van der Waals surface area contributed by atoms with Crippen molar-refractivity contribution in [2.75, 3.05) is 33.1 Å². The molecule has 0 radical (unpaired) electrons. The summed E-state index contributed by atoms with van der Waals surface area (Å²) in [6.45, 7) is 0.459. The Morgan fingerprint density at radius 2 is 2.00 bits per heavy atom. The van der Waals surface area contributed by atoms with Crippen LogP contribution in [0, 0.1) is 12.3 Å². The maximum Gasteiger partial charge on any atom is 0.319 e. The van der Waals surface area contributed by atoms with Gasteiger partial charge in [0.05, 0.1) is 13.2 Å². The number of ether oxygens (including phenoxy) is 1. The number of terminal acetylenes is 1. The molecule has 5 nitrogen and oxygen atoms in total. The molecule has 0 spiro atoms. The van der Waals surface area contributed by atoms with Crippen LogP contribution in [-0.2, 0) is 0 Å². The van der Waals surface area contributed by atoms with E-state index in [1.54, 1.807) is 19.2 Å². The first-order valence-electron chi connectivity index (χ1n) is 7.95. The first-order valence-corrected chi connectivity index (χ1v) is 7.95. The number of amides is 2. The number of carbonyl (C=O) groups is 1. The van der Waals surface area contributed by atoms with Gasteiger partial charge in [-0.3, -0.25) is 0 Å². The van der Waals surface area contributed by atoms with Crippen molar-refractivity contribution in [2.45, 2.75) is 6.04 Å². The number of anilines is 1. The van der Waals surface area contributed by atoms with Crippen molar-refractivity contribution >= 4 is 11.7 Å². The Labute approximate surface area is 149 Å². The Morgan fingerprint density at radius 3 is 2.68 bits per heavy atom. The van der Waals surface area contributed by atoms with Gasteiger partial charge in [-0.05, 0) is 50.0 Å². The SMILES string of the molecule is C#Cc1cccc(NC(=O)NCC(c2cccc(OC)c2)N(C)C)c1. The van der Waals surface area contributed by atoms with Crippen molar-refractivity contribution in [3.05, 3.63) is 59.7 Å². The third-order valence-electron chi connectivity index (χ3n) is 3.84. The summed E-state index contributed by atoms with van der Waals surface area (Å²) in [5.41, 5.74) is 2.45. The fourth-order valence-corrected chi connectivity index (χ4v) is 2.50. The number of nitrogens with one attached hydrogen (secondary N) is 2. The molecule has 0 aliphatic heterocycles. The molecule has 0 bridgehead atoms. The molecule has 1 atom stereocenters. The molecular formula is C20H23N3O2. The van der Waals surface area contributed by atoms with Gasteiger partial charge in [-0.1, -0.05) is 24.1 Å². The highest BCUT2D eigenvalue weighted by molar-refractivity contribution is 5.89. The molecule has 2 N–H and O–H groups in total. The molecule has 1 unspecified atom stereocenters. The van der Waals surface area contributed by atoms with E-state index >= 15 is 0 Å². The van der Waals surface area contributed by atoms with Crippen molar-refractivity contribution < 1.29 is 9.53 Å². The van der Waals surface area contributed by atoms with Gasteiger partial charge in [-0.2, -0.15) is 0 Å². The fourth-order valence-electron chi connectivity index (χ4n) is 2.50. The van der Waals surface area contributed by atoms with Gasteiger partial charge in [0.25, 0.3) is 0 Å². The number of hydrogen-bond acceptors (Lipinski definition) is 3. The van der Waals surface area contributed by atoms with Crippen molar-refractivity contribution in [3.8, 4) is 18.1 Å². The van der Waals surface area contributed by atoms with Gasteiger partial charge in [-0.25, -0.2) is 4.79 Å². The topological polar surface area (TPSA) is 53.6 Å². The monoisotopic (exact) mass is 337 g/mol. The first kappa shape index (κ1) is 18.4. The smallest absolute Gasteiger partial charge is 0.319 e. The zero-order valence-electron chi connectivity index (χ0n) is 14.7. The maximum atomic E-state index is 12.2. The van der Waals surface area contributed by atoms with Crippen LogP contribution in [0.15, 0.2) is 48.5 Å². The average Bonchev–Trinajstić information content (AvgIpc) is 2.62. The zero-order valence-corrected chi connectivity index (χ0v) is 14.7. The van der Waals surface area contributed by atoms with Crippen LogP contribution in [0.4, 0.5) is 10.5 Å². The van der Waals surface area contributed by atoms with E-state index in [2.05, 4.69) is 16.6 Å². The lowest BCUT2D eigenvalue weighted by molar-refractivity contribution is 0.243. The number of methoxy groups -OCH3 is 1. The minimum atomic E-state index is -0.274. The molecule has 5 heteroatoms. The van der Waals surface area contributed by atoms with Crippen LogP contribution < -0.4 is 15.4 Å². The molecular weight excluding hydrogens is 314 g/mol. The third kappa shape index (κ3) is 5.27. The van der Waals surface area contributed by atoms with Gasteiger partial charge in [0, 0.05) is 17.8 Å². The third-order valence-corrected chi connectivity index (χ3v) is 3.84. The Kier molecular flexibility index (Phi) is 6.44. The summed E-state index contributed by atoms with van der Waals surface area (Å²) < 4.78 is 5.28. The number of nitrogens with zero attached hydrogens (tertiary/aromatic N) is 1. The highest BCUT2D eigenvalue weighted by Crippen LogP contribution is 2.22. The number of hydrogen-bond donors (Lipinski definition) is 2. The second-order valence-corrected chi connectivity index (χ2v) is 5.82. The molecule has 2 rings (SSSR count). The molecule has 0 fully saturated rings. The minimum absolute atomic E-state index is 0.0258. The van der Waals surface area contributed by atoms with E-state index in [-0.39, 0.29) is 12.1 Å². The van der Waals surface area contributed by atoms with Crippen molar-refractivity contribution in [1.82, 2.24) is 10.2 Å². The fraction of sp³-hybridized carbons (Fsp3) is 0.250. The number of carbonyl (C=O) groups excluding carboxylic acids is 1. The molecule has 2 amide bonds. The molecule has 0 aliphatic rings. The summed E-state index contributed by atoms with van der Waals surface area (Å²) in [6.07, 6.45) is 5.38. The van der Waals surface area contributed by atoms with Crippen LogP contribution in [0.5, 0.6) is 5.75 Å². The van der Waals surface area contributed by atoms with Crippen molar-refractivity contribution in [3.63, 3.8) is 0 Å². The quantitative estimate of drug-likeness (QED) is 0.797. The normalized spacial score (nSPS) is 11.5. The lowest BCUT2D eigenvalue weighted by Gasteiger charge is -2.25. The minimum Gasteiger partial charge on any atom is -0.497 e. The lowest BCUT2D eigenvalue weighted by Crippen LogP contribution is -2.36. The predicted octanol–water partition coefficient (Wildman–Crippen LogP) is 3.10. The van der Waals surface area contributed by atoms with Crippen LogP contribution in [0.1, 0.15) is 17.2 Å². The van der Waals surface area contributed by atoms with E-state index in [9.17, 15) is 4.79 Å². The summed E-state index contributed by atoms with van der Waals surface area (Å²) in [5, 5.41) is 5.70. The van der Waals surface area contributed by atoms with Crippen LogP contribution in [-0.4, -0.2) is 38.7 Å². The van der Waals surface area contributed by atoms with E-state index in [4.69, 9.17) is 11.2 Å². The molecule has 2 aromatic rings. The van der Waals surface area contributed by atoms with Crippen molar-refractivity contribution in [2.24, 2.45) is 0 Å². The molecule has 0 aliphatic carbocycles.